The lowest BCUT2D eigenvalue weighted by molar-refractivity contribution is 1.36. The van der Waals surface area contributed by atoms with E-state index in [1.807, 2.05) is 18.2 Å². The summed E-state index contributed by atoms with van der Waals surface area (Å²) in [4.78, 5) is 4.98. The van der Waals surface area contributed by atoms with Crippen molar-refractivity contribution in [3.05, 3.63) is 83.4 Å². The fraction of sp³-hybridized carbons (Fsp3) is 0.0455. The first kappa shape index (κ1) is 13.5. The molecule has 0 heterocycles. The normalized spacial score (nSPS) is 14.7. The van der Waals surface area contributed by atoms with Gasteiger partial charge in [-0.2, -0.15) is 0 Å². The Labute approximate surface area is 136 Å². The zero-order chi connectivity index (χ0) is 15.6. The second-order valence-electron chi connectivity index (χ2n) is 5.58. The molecule has 0 radical (unpaired) electrons. The van der Waals surface area contributed by atoms with Crippen molar-refractivity contribution in [2.45, 2.75) is 6.42 Å². The molecule has 108 valence electrons. The van der Waals surface area contributed by atoms with Crippen LogP contribution in [0.5, 0.6) is 0 Å². The highest BCUT2D eigenvalue weighted by Crippen LogP contribution is 2.32. The monoisotopic (exact) mass is 293 g/mol. The van der Waals surface area contributed by atoms with Crippen LogP contribution in [0, 0.1) is 12.3 Å². The van der Waals surface area contributed by atoms with Gasteiger partial charge in [0.25, 0.3) is 0 Å². The number of terminal acetylenes is 1. The average Bonchev–Trinajstić information content (AvgIpc) is 2.62. The largest absolute Gasteiger partial charge is 0.251 e. The number of rotatable bonds is 1. The highest BCUT2D eigenvalue weighted by Gasteiger charge is 2.13. The van der Waals surface area contributed by atoms with Gasteiger partial charge in [-0.25, -0.2) is 0 Å². The number of benzene rings is 3. The number of aliphatic imine (C=N–C) groups is 1. The molecule has 0 spiro atoms. The summed E-state index contributed by atoms with van der Waals surface area (Å²) in [5.41, 5.74) is 5.19. The van der Waals surface area contributed by atoms with Crippen LogP contribution in [-0.4, -0.2) is 5.71 Å². The summed E-state index contributed by atoms with van der Waals surface area (Å²) in [6, 6.07) is 20.6. The van der Waals surface area contributed by atoms with Gasteiger partial charge in [-0.15, -0.1) is 6.42 Å². The minimum atomic E-state index is 0.824. The Kier molecular flexibility index (Phi) is 3.29. The second-order valence-corrected chi connectivity index (χ2v) is 5.58. The number of fused-ring (bicyclic) bond motifs is 2. The molecular formula is C22H15N. The Morgan fingerprint density at radius 2 is 1.74 bits per heavy atom. The maximum Gasteiger partial charge on any atom is 0.0867 e. The minimum absolute atomic E-state index is 0.824. The van der Waals surface area contributed by atoms with Crippen LogP contribution in [0.1, 0.15) is 23.1 Å². The van der Waals surface area contributed by atoms with E-state index in [1.165, 1.54) is 11.1 Å². The molecule has 0 saturated heterocycles. The van der Waals surface area contributed by atoms with Gasteiger partial charge in [-0.05, 0) is 17.0 Å². The van der Waals surface area contributed by atoms with Gasteiger partial charge < -0.3 is 0 Å². The quantitative estimate of drug-likeness (QED) is 0.536. The van der Waals surface area contributed by atoms with Crippen LogP contribution in [0.4, 0.5) is 5.69 Å². The van der Waals surface area contributed by atoms with E-state index in [0.29, 0.717) is 0 Å². The predicted molar refractivity (Wildman–Crippen MR) is 98.2 cm³/mol. The average molecular weight is 293 g/mol. The Hall–Kier alpha value is -3.11. The summed E-state index contributed by atoms with van der Waals surface area (Å²) in [5.74, 6) is 2.78. The number of nitrogens with zero attached hydrogens (tertiary/aromatic N) is 1. The van der Waals surface area contributed by atoms with Crippen molar-refractivity contribution in [3.63, 3.8) is 0 Å². The van der Waals surface area contributed by atoms with E-state index in [9.17, 15) is 0 Å². The van der Waals surface area contributed by atoms with Crippen LogP contribution in [0.25, 0.3) is 16.8 Å². The zero-order valence-corrected chi connectivity index (χ0v) is 12.7. The minimum Gasteiger partial charge on any atom is -0.251 e. The third kappa shape index (κ3) is 2.35. The first-order valence-corrected chi connectivity index (χ1v) is 7.69. The van der Waals surface area contributed by atoms with E-state index in [2.05, 4.69) is 60.5 Å². The molecule has 1 nitrogen and oxygen atoms in total. The molecule has 0 bridgehead atoms. The van der Waals surface area contributed by atoms with Crippen LogP contribution in [0.2, 0.25) is 0 Å². The van der Waals surface area contributed by atoms with Gasteiger partial charge >= 0.3 is 0 Å². The van der Waals surface area contributed by atoms with Crippen molar-refractivity contribution in [3.8, 4) is 12.3 Å². The van der Waals surface area contributed by atoms with Crippen molar-refractivity contribution >= 4 is 28.2 Å². The summed E-state index contributed by atoms with van der Waals surface area (Å²) >= 11 is 0. The van der Waals surface area contributed by atoms with E-state index in [1.54, 1.807) is 0 Å². The van der Waals surface area contributed by atoms with Crippen molar-refractivity contribution < 1.29 is 0 Å². The van der Waals surface area contributed by atoms with Gasteiger partial charge in [0.05, 0.1) is 17.0 Å². The first-order valence-electron chi connectivity index (χ1n) is 7.69. The van der Waals surface area contributed by atoms with Gasteiger partial charge in [-0.1, -0.05) is 72.7 Å². The second kappa shape index (κ2) is 5.59. The highest BCUT2D eigenvalue weighted by molar-refractivity contribution is 6.09. The third-order valence-electron chi connectivity index (χ3n) is 4.18. The first-order chi connectivity index (χ1) is 11.4. The molecule has 1 heteroatoms. The van der Waals surface area contributed by atoms with E-state index in [4.69, 9.17) is 11.4 Å². The van der Waals surface area contributed by atoms with Gasteiger partial charge in [0.15, 0.2) is 0 Å². The van der Waals surface area contributed by atoms with Crippen LogP contribution in [0.15, 0.2) is 71.7 Å². The Morgan fingerprint density at radius 3 is 2.65 bits per heavy atom. The summed E-state index contributed by atoms with van der Waals surface area (Å²) in [6.45, 7) is 0. The molecule has 4 rings (SSSR count). The van der Waals surface area contributed by atoms with E-state index >= 15 is 0 Å². The lowest BCUT2D eigenvalue weighted by Gasteiger charge is -2.14. The smallest absolute Gasteiger partial charge is 0.0867 e. The molecule has 0 saturated carbocycles. The van der Waals surface area contributed by atoms with Crippen LogP contribution < -0.4 is 0 Å². The molecule has 0 unspecified atom stereocenters. The highest BCUT2D eigenvalue weighted by atomic mass is 14.8. The van der Waals surface area contributed by atoms with Crippen molar-refractivity contribution in [1.29, 1.82) is 0 Å². The molecule has 1 aliphatic rings. The number of allylic oxidation sites excluding steroid dienone is 1. The maximum absolute atomic E-state index is 5.71. The van der Waals surface area contributed by atoms with Gasteiger partial charge in [0, 0.05) is 17.4 Å². The fourth-order valence-corrected chi connectivity index (χ4v) is 3.05. The van der Waals surface area contributed by atoms with Gasteiger partial charge in [0.2, 0.25) is 0 Å². The van der Waals surface area contributed by atoms with Crippen molar-refractivity contribution in [1.82, 2.24) is 0 Å². The fourth-order valence-electron chi connectivity index (χ4n) is 3.05. The molecule has 0 N–H and O–H groups in total. The predicted octanol–water partition coefficient (Wildman–Crippen LogP) is 5.36. The molecule has 0 amide bonds. The summed E-state index contributed by atoms with van der Waals surface area (Å²) < 4.78 is 0. The SMILES string of the molecule is C#Cc1ccc2ccccc2c1/N=C1\CC=Cc2ccccc21. The molecule has 0 fully saturated rings. The topological polar surface area (TPSA) is 12.4 Å². The molecule has 23 heavy (non-hydrogen) atoms. The maximum atomic E-state index is 5.71. The van der Waals surface area contributed by atoms with Crippen LogP contribution >= 0.6 is 0 Å². The molecule has 3 aromatic carbocycles. The van der Waals surface area contributed by atoms with E-state index in [0.717, 1.165) is 34.2 Å². The lowest BCUT2D eigenvalue weighted by atomic mass is 9.95. The molecule has 0 aliphatic heterocycles. The molecule has 3 aromatic rings. The zero-order valence-electron chi connectivity index (χ0n) is 12.7. The Bertz CT molecular complexity index is 1000. The standard InChI is InChI=1S/C22H15N/c1-2-16-14-15-18-9-4-6-12-20(18)22(16)23-21-13-7-10-17-8-3-5-11-19(17)21/h1,3-12,14-15H,13H2/b23-21+. The summed E-state index contributed by atoms with van der Waals surface area (Å²) in [5, 5.41) is 2.26. The molecular weight excluding hydrogens is 278 g/mol. The van der Waals surface area contributed by atoms with Crippen molar-refractivity contribution in [2.24, 2.45) is 4.99 Å². The van der Waals surface area contributed by atoms with Crippen molar-refractivity contribution in [2.75, 3.05) is 0 Å². The van der Waals surface area contributed by atoms with Crippen LogP contribution in [0.3, 0.4) is 0 Å². The Balaban J connectivity index is 1.97. The Morgan fingerprint density at radius 1 is 0.913 bits per heavy atom. The number of hydrogen-bond donors (Lipinski definition) is 0. The number of hydrogen-bond acceptors (Lipinski definition) is 1. The summed E-state index contributed by atoms with van der Waals surface area (Å²) in [7, 11) is 0. The van der Waals surface area contributed by atoms with Crippen LogP contribution in [-0.2, 0) is 0 Å². The van der Waals surface area contributed by atoms with Gasteiger partial charge in [0.1, 0.15) is 0 Å². The van der Waals surface area contributed by atoms with Gasteiger partial charge in [-0.3, -0.25) is 4.99 Å². The molecule has 1 aliphatic carbocycles. The third-order valence-corrected chi connectivity index (χ3v) is 4.18. The summed E-state index contributed by atoms with van der Waals surface area (Å²) in [6.07, 6.45) is 10.8. The van der Waals surface area contributed by atoms with E-state index in [-0.39, 0.29) is 0 Å². The lowest BCUT2D eigenvalue weighted by Crippen LogP contribution is -2.05. The molecule has 0 aromatic heterocycles. The molecule has 0 atom stereocenters. The van der Waals surface area contributed by atoms with E-state index < -0.39 is 0 Å².